The Hall–Kier alpha value is -2.59. The number of hydrogen-bond donors (Lipinski definition) is 3. The molecule has 0 bridgehead atoms. The van der Waals surface area contributed by atoms with Gasteiger partial charge in [-0.1, -0.05) is 0 Å². The van der Waals surface area contributed by atoms with E-state index in [4.69, 9.17) is 0 Å². The van der Waals surface area contributed by atoms with Crippen molar-refractivity contribution in [2.24, 2.45) is 0 Å². The van der Waals surface area contributed by atoms with Crippen molar-refractivity contribution in [2.45, 2.75) is 14.7 Å². The fourth-order valence-electron chi connectivity index (χ4n) is 2.56. The highest BCUT2D eigenvalue weighted by atomic mass is 32.3. The van der Waals surface area contributed by atoms with E-state index in [9.17, 15) is 15.3 Å². The lowest BCUT2D eigenvalue weighted by atomic mass is 10.3. The first kappa shape index (κ1) is 15.3. The SMILES string of the molecule is CS(c1ccc(O)cc1)(c1ccc(O)cc1)c1ccc(O)cc1. The zero-order valence-electron chi connectivity index (χ0n) is 12.7. The van der Waals surface area contributed by atoms with Gasteiger partial charge in [-0.15, -0.1) is 0 Å². The van der Waals surface area contributed by atoms with Crippen LogP contribution in [0.5, 0.6) is 17.2 Å². The number of hydrogen-bond acceptors (Lipinski definition) is 3. The van der Waals surface area contributed by atoms with Crippen molar-refractivity contribution in [1.82, 2.24) is 0 Å². The second-order valence-corrected chi connectivity index (χ2v) is 8.65. The predicted octanol–water partition coefficient (Wildman–Crippen LogP) is 4.71. The van der Waals surface area contributed by atoms with Crippen LogP contribution in [0.3, 0.4) is 0 Å². The molecule has 0 aromatic heterocycles. The molecule has 3 aromatic rings. The van der Waals surface area contributed by atoms with Crippen molar-refractivity contribution in [1.29, 1.82) is 0 Å². The quantitative estimate of drug-likeness (QED) is 0.653. The molecular weight excluding hydrogens is 308 g/mol. The number of rotatable bonds is 3. The minimum atomic E-state index is -1.56. The molecule has 3 nitrogen and oxygen atoms in total. The molecule has 0 aliphatic heterocycles. The van der Waals surface area contributed by atoms with Crippen molar-refractivity contribution in [2.75, 3.05) is 6.26 Å². The maximum atomic E-state index is 9.58. The van der Waals surface area contributed by atoms with E-state index in [1.807, 2.05) is 36.4 Å². The molecule has 0 atom stereocenters. The van der Waals surface area contributed by atoms with Crippen LogP contribution in [0.1, 0.15) is 0 Å². The Morgan fingerprint density at radius 2 is 0.696 bits per heavy atom. The van der Waals surface area contributed by atoms with Crippen LogP contribution in [0.25, 0.3) is 0 Å². The Labute approximate surface area is 136 Å². The van der Waals surface area contributed by atoms with Crippen LogP contribution in [0.4, 0.5) is 0 Å². The number of benzene rings is 3. The summed E-state index contributed by atoms with van der Waals surface area (Å²) in [4.78, 5) is 3.27. The average Bonchev–Trinajstić information content (AvgIpc) is 2.56. The zero-order valence-corrected chi connectivity index (χ0v) is 13.5. The molecule has 0 saturated heterocycles. The first-order chi connectivity index (χ1) is 11.0. The molecule has 0 spiro atoms. The van der Waals surface area contributed by atoms with Gasteiger partial charge in [-0.2, -0.15) is 10.0 Å². The van der Waals surface area contributed by atoms with Gasteiger partial charge in [0.25, 0.3) is 0 Å². The summed E-state index contributed by atoms with van der Waals surface area (Å²) in [5.74, 6) is 0.686. The van der Waals surface area contributed by atoms with E-state index in [2.05, 4.69) is 6.26 Å². The van der Waals surface area contributed by atoms with E-state index in [1.54, 1.807) is 36.4 Å². The second kappa shape index (κ2) is 5.89. The highest BCUT2D eigenvalue weighted by molar-refractivity contribution is 8.33. The standard InChI is InChI=1S/C19H18O3S/c1-23(17-8-2-14(20)3-9-17,18-10-4-15(21)5-11-18)19-12-6-16(22)7-13-19/h2-13,20-22H,1H3. The van der Waals surface area contributed by atoms with Crippen LogP contribution in [-0.4, -0.2) is 21.6 Å². The Balaban J connectivity index is 2.21. The van der Waals surface area contributed by atoms with Crippen LogP contribution in [0.15, 0.2) is 87.5 Å². The molecule has 0 unspecified atom stereocenters. The third-order valence-corrected chi connectivity index (χ3v) is 7.57. The molecule has 3 rings (SSSR count). The molecular formula is C19H18O3S. The van der Waals surface area contributed by atoms with Gasteiger partial charge in [-0.05, 0) is 93.7 Å². The molecule has 4 heteroatoms. The largest absolute Gasteiger partial charge is 0.508 e. The predicted molar refractivity (Wildman–Crippen MR) is 92.6 cm³/mol. The van der Waals surface area contributed by atoms with E-state index < -0.39 is 10.0 Å². The second-order valence-electron chi connectivity index (χ2n) is 5.40. The lowest BCUT2D eigenvalue weighted by Crippen LogP contribution is -2.01. The molecule has 0 aliphatic rings. The Kier molecular flexibility index (Phi) is 3.92. The Morgan fingerprint density at radius 3 is 0.913 bits per heavy atom. The van der Waals surface area contributed by atoms with Gasteiger partial charge in [-0.25, -0.2) is 0 Å². The summed E-state index contributed by atoms with van der Waals surface area (Å²) in [6.45, 7) is 0. The molecule has 3 N–H and O–H groups in total. The maximum Gasteiger partial charge on any atom is 0.115 e. The van der Waals surface area contributed by atoms with E-state index in [0.717, 1.165) is 14.7 Å². The minimum Gasteiger partial charge on any atom is -0.508 e. The van der Waals surface area contributed by atoms with Crippen molar-refractivity contribution in [3.8, 4) is 17.2 Å². The summed E-state index contributed by atoms with van der Waals surface area (Å²) in [5.41, 5.74) is 0. The molecule has 118 valence electrons. The van der Waals surface area contributed by atoms with Gasteiger partial charge in [0.05, 0.1) is 0 Å². The number of phenols is 3. The molecule has 23 heavy (non-hydrogen) atoms. The summed E-state index contributed by atoms with van der Waals surface area (Å²) in [5, 5.41) is 28.7. The Bertz CT molecular complexity index is 683. The summed E-state index contributed by atoms with van der Waals surface area (Å²) in [7, 11) is -1.56. The molecule has 3 aromatic carbocycles. The molecule has 0 heterocycles. The number of phenolic OH excluding ortho intramolecular Hbond substituents is 3. The van der Waals surface area contributed by atoms with Gasteiger partial charge >= 0.3 is 0 Å². The minimum absolute atomic E-state index is 0.229. The molecule has 0 radical (unpaired) electrons. The monoisotopic (exact) mass is 326 g/mol. The summed E-state index contributed by atoms with van der Waals surface area (Å²) >= 11 is 0. The third-order valence-electron chi connectivity index (χ3n) is 3.92. The fourth-order valence-corrected chi connectivity index (χ4v) is 5.42. The van der Waals surface area contributed by atoms with Gasteiger partial charge in [-0.3, -0.25) is 0 Å². The summed E-state index contributed by atoms with van der Waals surface area (Å²) in [6, 6.07) is 21.6. The van der Waals surface area contributed by atoms with Crippen LogP contribution in [0, 0.1) is 0 Å². The van der Waals surface area contributed by atoms with Crippen molar-refractivity contribution in [3.05, 3.63) is 72.8 Å². The van der Waals surface area contributed by atoms with Gasteiger partial charge in [0.15, 0.2) is 0 Å². The van der Waals surface area contributed by atoms with Crippen LogP contribution < -0.4 is 0 Å². The van der Waals surface area contributed by atoms with Gasteiger partial charge in [0.2, 0.25) is 0 Å². The summed E-state index contributed by atoms with van der Waals surface area (Å²) < 4.78 is 0. The molecule has 0 fully saturated rings. The summed E-state index contributed by atoms with van der Waals surface area (Å²) in [6.07, 6.45) is 2.16. The van der Waals surface area contributed by atoms with E-state index >= 15 is 0 Å². The van der Waals surface area contributed by atoms with Crippen LogP contribution in [-0.2, 0) is 0 Å². The lowest BCUT2D eigenvalue weighted by Gasteiger charge is -2.37. The molecule has 0 aliphatic carbocycles. The lowest BCUT2D eigenvalue weighted by molar-refractivity contribution is 0.474. The van der Waals surface area contributed by atoms with E-state index in [1.165, 1.54) is 0 Å². The van der Waals surface area contributed by atoms with Gasteiger partial charge in [0, 0.05) is 0 Å². The van der Waals surface area contributed by atoms with Crippen molar-refractivity contribution < 1.29 is 15.3 Å². The Morgan fingerprint density at radius 1 is 0.478 bits per heavy atom. The van der Waals surface area contributed by atoms with E-state index in [-0.39, 0.29) is 17.2 Å². The van der Waals surface area contributed by atoms with E-state index in [0.29, 0.717) is 0 Å². The van der Waals surface area contributed by atoms with Crippen molar-refractivity contribution >= 4 is 10.0 Å². The maximum absolute atomic E-state index is 9.58. The topological polar surface area (TPSA) is 60.7 Å². The van der Waals surface area contributed by atoms with Crippen LogP contribution >= 0.6 is 10.0 Å². The molecule has 0 saturated carbocycles. The zero-order chi connectivity index (χ0) is 16.4. The highest BCUT2D eigenvalue weighted by Crippen LogP contribution is 2.65. The van der Waals surface area contributed by atoms with Crippen molar-refractivity contribution in [3.63, 3.8) is 0 Å². The first-order valence-electron chi connectivity index (χ1n) is 7.16. The third kappa shape index (κ3) is 2.85. The number of aromatic hydroxyl groups is 3. The fraction of sp³-hybridized carbons (Fsp3) is 0.0526. The first-order valence-corrected chi connectivity index (χ1v) is 9.20. The van der Waals surface area contributed by atoms with Gasteiger partial charge in [0.1, 0.15) is 17.2 Å². The smallest absolute Gasteiger partial charge is 0.115 e. The normalized spacial score (nSPS) is 12.0. The molecule has 0 amide bonds. The highest BCUT2D eigenvalue weighted by Gasteiger charge is 2.26. The van der Waals surface area contributed by atoms with Gasteiger partial charge < -0.3 is 15.3 Å². The van der Waals surface area contributed by atoms with Crippen LogP contribution in [0.2, 0.25) is 0 Å². The average molecular weight is 326 g/mol.